The fourth-order valence-corrected chi connectivity index (χ4v) is 7.09. The number of likely N-dealkylation sites (tertiary alicyclic amines) is 1. The number of aliphatic hydroxyl groups excluding tert-OH is 1. The second-order valence-corrected chi connectivity index (χ2v) is 10.3. The molecule has 7 rings (SSSR count). The summed E-state index contributed by atoms with van der Waals surface area (Å²) in [5, 5.41) is 12.8. The van der Waals surface area contributed by atoms with Gasteiger partial charge in [-0.2, -0.15) is 0 Å². The van der Waals surface area contributed by atoms with E-state index in [-0.39, 0.29) is 12.0 Å². The van der Waals surface area contributed by atoms with Crippen LogP contribution >= 0.6 is 0 Å². The first-order valence-corrected chi connectivity index (χ1v) is 11.2. The summed E-state index contributed by atoms with van der Waals surface area (Å²) in [4.78, 5) is 19.9. The Hall–Kier alpha value is -1.92. The van der Waals surface area contributed by atoms with Gasteiger partial charge in [-0.1, -0.05) is 6.07 Å². The third-order valence-corrected chi connectivity index (χ3v) is 7.89. The van der Waals surface area contributed by atoms with Crippen molar-refractivity contribution < 1.29 is 9.90 Å². The molecule has 0 atom stereocenters. The first kappa shape index (κ1) is 17.9. The van der Waals surface area contributed by atoms with Crippen molar-refractivity contribution in [2.24, 2.45) is 23.2 Å². The van der Waals surface area contributed by atoms with Crippen molar-refractivity contribution in [1.82, 2.24) is 19.6 Å². The molecular weight excluding hydrogens is 364 g/mol. The molecule has 6 nitrogen and oxygen atoms in total. The number of nitrogens with one attached hydrogen (secondary N) is 1. The standard InChI is InChI=1S/C23H30N4O2/c28-19-12-26(13-19)10-18-11-27-20(2-1-3-21(27)25-18)22(29)24-14-23-7-15-4-16(8-23)6-17(5-15)9-23/h1-3,11,15-17,19,28H,4-10,12-14H2,(H,24,29). The van der Waals surface area contributed by atoms with E-state index in [0.29, 0.717) is 30.7 Å². The minimum absolute atomic E-state index is 0.00895. The summed E-state index contributed by atoms with van der Waals surface area (Å²) in [6.45, 7) is 2.94. The van der Waals surface area contributed by atoms with Gasteiger partial charge in [-0.25, -0.2) is 4.98 Å². The molecule has 2 aromatic heterocycles. The summed E-state index contributed by atoms with van der Waals surface area (Å²) in [6.07, 6.45) is 9.97. The van der Waals surface area contributed by atoms with Gasteiger partial charge in [0.05, 0.1) is 11.8 Å². The number of β-amino-alcohol motifs (C(OH)–C–C–N with tert-alkyl or cyclic N) is 1. The van der Waals surface area contributed by atoms with E-state index in [1.165, 1.54) is 38.5 Å². The van der Waals surface area contributed by atoms with Gasteiger partial charge in [-0.05, 0) is 73.8 Å². The van der Waals surface area contributed by atoms with Crippen molar-refractivity contribution in [3.8, 4) is 0 Å². The number of aromatic nitrogens is 2. The van der Waals surface area contributed by atoms with E-state index >= 15 is 0 Å². The minimum Gasteiger partial charge on any atom is -0.390 e. The number of imidazole rings is 1. The summed E-state index contributed by atoms with van der Waals surface area (Å²) >= 11 is 0. The first-order valence-electron chi connectivity index (χ1n) is 11.2. The van der Waals surface area contributed by atoms with Crippen LogP contribution in [0.4, 0.5) is 0 Å². The van der Waals surface area contributed by atoms with Crippen molar-refractivity contribution in [2.45, 2.75) is 51.2 Å². The van der Waals surface area contributed by atoms with E-state index in [1.807, 2.05) is 28.8 Å². The molecule has 5 aliphatic rings. The molecule has 4 bridgehead atoms. The second-order valence-electron chi connectivity index (χ2n) is 10.3. The summed E-state index contributed by atoms with van der Waals surface area (Å²) < 4.78 is 1.92. The van der Waals surface area contributed by atoms with E-state index < -0.39 is 0 Å². The number of fused-ring (bicyclic) bond motifs is 1. The van der Waals surface area contributed by atoms with Crippen molar-refractivity contribution in [2.75, 3.05) is 19.6 Å². The molecule has 154 valence electrons. The Balaban J connectivity index is 1.17. The molecule has 0 aromatic carbocycles. The van der Waals surface area contributed by atoms with Crippen molar-refractivity contribution in [3.63, 3.8) is 0 Å². The average Bonchev–Trinajstić information content (AvgIpc) is 3.06. The van der Waals surface area contributed by atoms with Crippen molar-refractivity contribution in [3.05, 3.63) is 35.8 Å². The second kappa shape index (κ2) is 6.54. The molecule has 4 saturated carbocycles. The lowest BCUT2D eigenvalue weighted by atomic mass is 9.49. The smallest absolute Gasteiger partial charge is 0.268 e. The van der Waals surface area contributed by atoms with Gasteiger partial charge in [0.15, 0.2) is 0 Å². The van der Waals surface area contributed by atoms with Gasteiger partial charge in [0, 0.05) is 32.4 Å². The Morgan fingerprint density at radius 3 is 2.48 bits per heavy atom. The Labute approximate surface area is 171 Å². The molecule has 2 N–H and O–H groups in total. The van der Waals surface area contributed by atoms with E-state index in [2.05, 4.69) is 15.2 Å². The highest BCUT2D eigenvalue weighted by molar-refractivity contribution is 5.93. The molecule has 1 saturated heterocycles. The van der Waals surface area contributed by atoms with E-state index in [9.17, 15) is 9.90 Å². The third kappa shape index (κ3) is 3.17. The predicted octanol–water partition coefficient (Wildman–Crippen LogP) is 2.46. The lowest BCUT2D eigenvalue weighted by Gasteiger charge is -2.56. The van der Waals surface area contributed by atoms with Crippen LogP contribution in [0.3, 0.4) is 0 Å². The normalized spacial score (nSPS) is 33.9. The Morgan fingerprint density at radius 2 is 1.83 bits per heavy atom. The average molecular weight is 395 g/mol. The molecule has 29 heavy (non-hydrogen) atoms. The summed E-state index contributed by atoms with van der Waals surface area (Å²) in [5.41, 5.74) is 2.76. The molecule has 4 aliphatic carbocycles. The molecule has 3 heterocycles. The molecule has 0 radical (unpaired) electrons. The van der Waals surface area contributed by atoms with Gasteiger partial charge < -0.3 is 10.4 Å². The van der Waals surface area contributed by atoms with Gasteiger partial charge in [0.25, 0.3) is 5.91 Å². The lowest BCUT2D eigenvalue weighted by molar-refractivity contribution is -0.0503. The van der Waals surface area contributed by atoms with Crippen LogP contribution in [0.2, 0.25) is 0 Å². The Kier molecular flexibility index (Phi) is 4.04. The lowest BCUT2D eigenvalue weighted by Crippen LogP contribution is -2.51. The van der Waals surface area contributed by atoms with Gasteiger partial charge in [0.2, 0.25) is 0 Å². The van der Waals surface area contributed by atoms with Gasteiger partial charge in [0.1, 0.15) is 11.3 Å². The predicted molar refractivity (Wildman–Crippen MR) is 109 cm³/mol. The van der Waals surface area contributed by atoms with E-state index in [0.717, 1.165) is 35.6 Å². The highest BCUT2D eigenvalue weighted by atomic mass is 16.3. The summed E-state index contributed by atoms with van der Waals surface area (Å²) in [7, 11) is 0. The third-order valence-electron chi connectivity index (χ3n) is 7.89. The van der Waals surface area contributed by atoms with Crippen LogP contribution < -0.4 is 5.32 Å². The number of nitrogens with zero attached hydrogens (tertiary/aromatic N) is 3. The van der Waals surface area contributed by atoms with Crippen LogP contribution in [0.5, 0.6) is 0 Å². The van der Waals surface area contributed by atoms with E-state index in [4.69, 9.17) is 0 Å². The Bertz CT molecular complexity index is 910. The number of hydrogen-bond acceptors (Lipinski definition) is 4. The van der Waals surface area contributed by atoms with Crippen LogP contribution in [-0.4, -0.2) is 51.0 Å². The maximum Gasteiger partial charge on any atom is 0.268 e. The SMILES string of the molecule is O=C(NCC12CC3CC(CC(C3)C1)C2)c1cccc2nc(CN3CC(O)C3)cn12. The zero-order valence-corrected chi connectivity index (χ0v) is 16.9. The Morgan fingerprint density at radius 1 is 1.14 bits per heavy atom. The number of hydrogen-bond donors (Lipinski definition) is 2. The molecule has 6 heteroatoms. The fourth-order valence-electron chi connectivity index (χ4n) is 7.09. The maximum absolute atomic E-state index is 13.1. The fraction of sp³-hybridized carbons (Fsp3) is 0.652. The molecule has 0 spiro atoms. The van der Waals surface area contributed by atoms with Gasteiger partial charge in [-0.3, -0.25) is 14.1 Å². The largest absolute Gasteiger partial charge is 0.390 e. The number of aliphatic hydroxyl groups is 1. The van der Waals surface area contributed by atoms with Crippen LogP contribution in [0.1, 0.15) is 54.7 Å². The highest BCUT2D eigenvalue weighted by Gasteiger charge is 2.50. The quantitative estimate of drug-likeness (QED) is 0.817. The molecule has 2 aromatic rings. The monoisotopic (exact) mass is 394 g/mol. The molecule has 1 aliphatic heterocycles. The van der Waals surface area contributed by atoms with Crippen molar-refractivity contribution in [1.29, 1.82) is 0 Å². The molecule has 1 amide bonds. The highest BCUT2D eigenvalue weighted by Crippen LogP contribution is 2.59. The van der Waals surface area contributed by atoms with Crippen LogP contribution in [0.15, 0.2) is 24.4 Å². The number of carbonyl (C=O) groups is 1. The van der Waals surface area contributed by atoms with Crippen LogP contribution in [0, 0.1) is 23.2 Å². The van der Waals surface area contributed by atoms with Gasteiger partial charge >= 0.3 is 0 Å². The van der Waals surface area contributed by atoms with Crippen LogP contribution in [0.25, 0.3) is 5.65 Å². The topological polar surface area (TPSA) is 69.9 Å². The number of amides is 1. The number of rotatable bonds is 5. The maximum atomic E-state index is 13.1. The van der Waals surface area contributed by atoms with E-state index in [1.54, 1.807) is 0 Å². The first-order chi connectivity index (χ1) is 14.1. The zero-order valence-electron chi connectivity index (χ0n) is 16.9. The number of pyridine rings is 1. The van der Waals surface area contributed by atoms with Gasteiger partial charge in [-0.15, -0.1) is 0 Å². The summed E-state index contributed by atoms with van der Waals surface area (Å²) in [6, 6.07) is 5.75. The zero-order chi connectivity index (χ0) is 19.6. The summed E-state index contributed by atoms with van der Waals surface area (Å²) in [5.74, 6) is 2.71. The molecular formula is C23H30N4O2. The van der Waals surface area contributed by atoms with Crippen LogP contribution in [-0.2, 0) is 6.54 Å². The molecule has 5 fully saturated rings. The number of carbonyl (C=O) groups excluding carboxylic acids is 1. The van der Waals surface area contributed by atoms with Crippen molar-refractivity contribution >= 4 is 11.6 Å². The minimum atomic E-state index is -0.210. The molecule has 0 unspecified atom stereocenters.